The topological polar surface area (TPSA) is 12.4 Å². The highest BCUT2D eigenvalue weighted by Crippen LogP contribution is 2.32. The van der Waals surface area contributed by atoms with Crippen molar-refractivity contribution in [2.45, 2.75) is 11.0 Å². The molecule has 0 aliphatic heterocycles. The molecule has 0 aliphatic rings. The molecule has 0 saturated carbocycles. The summed E-state index contributed by atoms with van der Waals surface area (Å²) in [4.78, 5) is 3.86. The van der Waals surface area contributed by atoms with Crippen LogP contribution in [-0.2, 0) is 0 Å². The Morgan fingerprint density at radius 3 is 2.00 bits per heavy atom. The van der Waals surface area contributed by atoms with Crippen LogP contribution in [0.3, 0.4) is 0 Å². The fraction of sp³-hybridized carbons (Fsp3) is 0.833. The van der Waals surface area contributed by atoms with Crippen LogP contribution in [0.2, 0.25) is 0 Å². The largest absolute Gasteiger partial charge is 0.299 e. The number of hydrogen-bond donors (Lipinski definition) is 0. The molecule has 0 rings (SSSR count). The molecule has 0 aromatic heterocycles. The van der Waals surface area contributed by atoms with E-state index in [0.717, 1.165) is 6.54 Å². The van der Waals surface area contributed by atoms with Crippen LogP contribution in [0.1, 0.15) is 6.92 Å². The summed E-state index contributed by atoms with van der Waals surface area (Å²) < 4.78 is 0.238. The predicted molar refractivity (Wildman–Crippen MR) is 49.9 cm³/mol. The van der Waals surface area contributed by atoms with E-state index in [9.17, 15) is 0 Å². The van der Waals surface area contributed by atoms with E-state index in [-0.39, 0.29) is 4.08 Å². The summed E-state index contributed by atoms with van der Waals surface area (Å²) in [5, 5.41) is 0. The van der Waals surface area contributed by atoms with E-state index in [1.54, 1.807) is 0 Å². The molecular weight excluding hydrogens is 150 g/mol. The smallest absolute Gasteiger partial charge is 0.0771 e. The molecular formula is C6H13NS2. The Bertz CT molecular complexity index is 89.1. The molecule has 0 aromatic carbocycles. The normalized spacial score (nSPS) is 11.4. The van der Waals surface area contributed by atoms with Gasteiger partial charge in [0.05, 0.1) is 10.6 Å². The standard InChI is InChI=1S/C6H13NS2/c1-6(8-3,9-4)5-7-2/h2,5H2,1,3-4H3. The lowest BCUT2D eigenvalue weighted by molar-refractivity contribution is 0.903. The van der Waals surface area contributed by atoms with Crippen LogP contribution < -0.4 is 0 Å². The molecule has 0 unspecified atom stereocenters. The van der Waals surface area contributed by atoms with E-state index in [4.69, 9.17) is 0 Å². The van der Waals surface area contributed by atoms with Crippen LogP contribution in [0.5, 0.6) is 0 Å². The molecule has 0 amide bonds. The Morgan fingerprint density at radius 1 is 1.44 bits per heavy atom. The van der Waals surface area contributed by atoms with Crippen LogP contribution in [0, 0.1) is 0 Å². The van der Waals surface area contributed by atoms with Gasteiger partial charge in [0.25, 0.3) is 0 Å². The first-order chi connectivity index (χ1) is 4.18. The van der Waals surface area contributed by atoms with Crippen LogP contribution >= 0.6 is 23.5 Å². The van der Waals surface area contributed by atoms with Gasteiger partial charge < -0.3 is 0 Å². The van der Waals surface area contributed by atoms with Gasteiger partial charge in [0.1, 0.15) is 0 Å². The lowest BCUT2D eigenvalue weighted by atomic mass is 10.5. The predicted octanol–water partition coefficient (Wildman–Crippen LogP) is 2.13. The summed E-state index contributed by atoms with van der Waals surface area (Å²) in [6.45, 7) is 6.47. The van der Waals surface area contributed by atoms with Gasteiger partial charge in [0, 0.05) is 0 Å². The van der Waals surface area contributed by atoms with Crippen molar-refractivity contribution in [3.8, 4) is 0 Å². The van der Waals surface area contributed by atoms with Gasteiger partial charge in [-0.15, -0.1) is 23.5 Å². The van der Waals surface area contributed by atoms with Crippen molar-refractivity contribution in [2.75, 3.05) is 19.1 Å². The van der Waals surface area contributed by atoms with Crippen molar-refractivity contribution in [1.29, 1.82) is 0 Å². The van der Waals surface area contributed by atoms with Crippen molar-refractivity contribution in [1.82, 2.24) is 0 Å². The Hall–Kier alpha value is 0.370. The number of thioether (sulfide) groups is 2. The van der Waals surface area contributed by atoms with E-state index in [0.29, 0.717) is 0 Å². The third-order valence-electron chi connectivity index (χ3n) is 1.26. The van der Waals surface area contributed by atoms with Gasteiger partial charge in [-0.2, -0.15) is 0 Å². The third kappa shape index (κ3) is 3.16. The van der Waals surface area contributed by atoms with Gasteiger partial charge in [-0.25, -0.2) is 0 Å². The summed E-state index contributed by atoms with van der Waals surface area (Å²) in [5.41, 5.74) is 0. The number of aliphatic imine (C=N–C) groups is 1. The maximum absolute atomic E-state index is 3.86. The number of nitrogens with zero attached hydrogens (tertiary/aromatic N) is 1. The molecule has 0 saturated heterocycles. The second kappa shape index (κ2) is 4.23. The van der Waals surface area contributed by atoms with Crippen LogP contribution in [0.4, 0.5) is 0 Å². The molecule has 0 heterocycles. The van der Waals surface area contributed by atoms with E-state index >= 15 is 0 Å². The lowest BCUT2D eigenvalue weighted by Gasteiger charge is -2.21. The molecule has 0 N–H and O–H groups in total. The third-order valence-corrected chi connectivity index (χ3v) is 4.25. The molecule has 9 heavy (non-hydrogen) atoms. The van der Waals surface area contributed by atoms with Crippen molar-refractivity contribution >= 4 is 30.2 Å². The minimum Gasteiger partial charge on any atom is -0.299 e. The monoisotopic (exact) mass is 163 g/mol. The summed E-state index contributed by atoms with van der Waals surface area (Å²) in [5.74, 6) is 0. The van der Waals surface area contributed by atoms with Gasteiger partial charge in [0.15, 0.2) is 0 Å². The molecule has 3 heteroatoms. The molecule has 54 valence electrons. The van der Waals surface area contributed by atoms with Gasteiger partial charge in [-0.05, 0) is 26.2 Å². The second-order valence-corrected chi connectivity index (χ2v) is 4.80. The second-order valence-electron chi connectivity index (χ2n) is 1.92. The van der Waals surface area contributed by atoms with Crippen molar-refractivity contribution in [3.63, 3.8) is 0 Å². The SMILES string of the molecule is C=NCC(C)(SC)SC. The first-order valence-electron chi connectivity index (χ1n) is 2.71. The van der Waals surface area contributed by atoms with Gasteiger partial charge in [-0.1, -0.05) is 0 Å². The van der Waals surface area contributed by atoms with E-state index in [1.807, 2.05) is 23.5 Å². The molecule has 0 bridgehead atoms. The minimum atomic E-state index is 0.238. The molecule has 0 fully saturated rings. The molecule has 0 atom stereocenters. The van der Waals surface area contributed by atoms with Crippen molar-refractivity contribution < 1.29 is 0 Å². The molecule has 1 nitrogen and oxygen atoms in total. The zero-order valence-electron chi connectivity index (χ0n) is 6.18. The fourth-order valence-electron chi connectivity index (χ4n) is 0.416. The maximum atomic E-state index is 3.86. The van der Waals surface area contributed by atoms with Crippen molar-refractivity contribution in [2.24, 2.45) is 4.99 Å². The highest BCUT2D eigenvalue weighted by atomic mass is 32.2. The molecule has 0 aromatic rings. The zero-order chi connectivity index (χ0) is 7.33. The van der Waals surface area contributed by atoms with Crippen molar-refractivity contribution in [3.05, 3.63) is 0 Å². The lowest BCUT2D eigenvalue weighted by Crippen LogP contribution is -2.17. The summed E-state index contributed by atoms with van der Waals surface area (Å²) >= 11 is 3.65. The Labute approximate surface area is 65.7 Å². The Balaban J connectivity index is 3.75. The summed E-state index contributed by atoms with van der Waals surface area (Å²) in [6, 6.07) is 0. The zero-order valence-corrected chi connectivity index (χ0v) is 7.81. The number of rotatable bonds is 4. The van der Waals surface area contributed by atoms with Gasteiger partial charge in [0.2, 0.25) is 0 Å². The number of hydrogen-bond acceptors (Lipinski definition) is 3. The van der Waals surface area contributed by atoms with E-state index in [1.165, 1.54) is 0 Å². The first kappa shape index (κ1) is 9.37. The Morgan fingerprint density at radius 2 is 1.89 bits per heavy atom. The highest BCUT2D eigenvalue weighted by molar-refractivity contribution is 8.17. The molecule has 0 radical (unpaired) electrons. The molecule has 0 spiro atoms. The molecule has 0 aliphatic carbocycles. The fourth-order valence-corrected chi connectivity index (χ4v) is 1.52. The van der Waals surface area contributed by atoms with Crippen LogP contribution in [0.25, 0.3) is 0 Å². The summed E-state index contributed by atoms with van der Waals surface area (Å²) in [7, 11) is 0. The van der Waals surface area contributed by atoms with Gasteiger partial charge >= 0.3 is 0 Å². The average molecular weight is 163 g/mol. The van der Waals surface area contributed by atoms with Crippen LogP contribution in [0.15, 0.2) is 4.99 Å². The minimum absolute atomic E-state index is 0.238. The van der Waals surface area contributed by atoms with Gasteiger partial charge in [-0.3, -0.25) is 4.99 Å². The maximum Gasteiger partial charge on any atom is 0.0771 e. The van der Waals surface area contributed by atoms with Crippen LogP contribution in [-0.4, -0.2) is 29.9 Å². The Kier molecular flexibility index (Phi) is 4.40. The van der Waals surface area contributed by atoms with E-state index < -0.39 is 0 Å². The first-order valence-corrected chi connectivity index (χ1v) is 5.16. The highest BCUT2D eigenvalue weighted by Gasteiger charge is 2.19. The quantitative estimate of drug-likeness (QED) is 0.465. The summed E-state index contributed by atoms with van der Waals surface area (Å²) in [6.07, 6.45) is 4.20. The average Bonchev–Trinajstić information content (AvgIpc) is 1.89. The van der Waals surface area contributed by atoms with E-state index in [2.05, 4.69) is 31.1 Å².